The number of methoxy groups -OCH3 is 1. The average Bonchev–Trinajstić information content (AvgIpc) is 2.26. The molecule has 1 aromatic rings. The molecule has 1 N–H and O–H groups in total. The van der Waals surface area contributed by atoms with Gasteiger partial charge in [-0.2, -0.15) is 0 Å². The number of H-pyrrole nitrogens is 1. The van der Waals surface area contributed by atoms with Gasteiger partial charge in [0.15, 0.2) is 0 Å². The predicted molar refractivity (Wildman–Crippen MR) is 55.2 cm³/mol. The van der Waals surface area contributed by atoms with Gasteiger partial charge in [-0.25, -0.2) is 9.59 Å². The molecule has 1 rings (SSSR count). The standard InChI is InChI=1S/C10H13NO5/c1-15-8(12)5-3-2-4-7-6-11-10(14)16-9(7)13/h6H,2-5H2,1H3,(H,11,14). The van der Waals surface area contributed by atoms with Crippen LogP contribution >= 0.6 is 0 Å². The van der Waals surface area contributed by atoms with Crippen LogP contribution in [0, 0.1) is 0 Å². The molecule has 0 saturated carbocycles. The smallest absolute Gasteiger partial charge is 0.419 e. The van der Waals surface area contributed by atoms with Gasteiger partial charge < -0.3 is 9.15 Å². The maximum atomic E-state index is 11.1. The fourth-order valence-corrected chi connectivity index (χ4v) is 1.25. The topological polar surface area (TPSA) is 89.4 Å². The highest BCUT2D eigenvalue weighted by Crippen LogP contribution is 2.02. The number of esters is 1. The molecule has 1 aromatic heterocycles. The van der Waals surface area contributed by atoms with Gasteiger partial charge in [-0.3, -0.25) is 9.78 Å². The summed E-state index contributed by atoms with van der Waals surface area (Å²) >= 11 is 0. The van der Waals surface area contributed by atoms with Gasteiger partial charge in [-0.1, -0.05) is 0 Å². The minimum atomic E-state index is -0.761. The Hall–Kier alpha value is -1.85. The normalized spacial score (nSPS) is 10.1. The van der Waals surface area contributed by atoms with Crippen LogP contribution in [0.3, 0.4) is 0 Å². The first-order chi connectivity index (χ1) is 7.63. The van der Waals surface area contributed by atoms with Gasteiger partial charge in [0.1, 0.15) is 0 Å². The van der Waals surface area contributed by atoms with Crippen molar-refractivity contribution in [3.05, 3.63) is 32.7 Å². The lowest BCUT2D eigenvalue weighted by atomic mass is 10.1. The van der Waals surface area contributed by atoms with E-state index >= 15 is 0 Å². The Labute approximate surface area is 91.2 Å². The van der Waals surface area contributed by atoms with E-state index < -0.39 is 11.4 Å². The van der Waals surface area contributed by atoms with Crippen LogP contribution in [0.25, 0.3) is 0 Å². The van der Waals surface area contributed by atoms with E-state index in [-0.39, 0.29) is 5.97 Å². The Bertz CT molecular complexity index is 459. The van der Waals surface area contributed by atoms with E-state index in [1.54, 1.807) is 0 Å². The van der Waals surface area contributed by atoms with E-state index in [0.29, 0.717) is 31.2 Å². The molecule has 0 fully saturated rings. The third-order valence-corrected chi connectivity index (χ3v) is 2.12. The van der Waals surface area contributed by atoms with Crippen molar-refractivity contribution in [3.8, 4) is 0 Å². The molecule has 0 spiro atoms. The van der Waals surface area contributed by atoms with Crippen LogP contribution in [0.2, 0.25) is 0 Å². The lowest BCUT2D eigenvalue weighted by Crippen LogP contribution is -2.17. The number of aromatic nitrogens is 1. The minimum absolute atomic E-state index is 0.270. The van der Waals surface area contributed by atoms with Crippen LogP contribution in [0.15, 0.2) is 20.2 Å². The van der Waals surface area contributed by atoms with E-state index in [0.717, 1.165) is 0 Å². The molecular weight excluding hydrogens is 214 g/mol. The third kappa shape index (κ3) is 3.72. The predicted octanol–water partition coefficient (Wildman–Crippen LogP) is 0.214. The average molecular weight is 227 g/mol. The molecule has 88 valence electrons. The first-order valence-corrected chi connectivity index (χ1v) is 4.92. The van der Waals surface area contributed by atoms with Crippen LogP contribution in [0.4, 0.5) is 0 Å². The summed E-state index contributed by atoms with van der Waals surface area (Å²) in [4.78, 5) is 34.8. The molecule has 0 atom stereocenters. The number of hydrogen-bond acceptors (Lipinski definition) is 5. The highest BCUT2D eigenvalue weighted by Gasteiger charge is 2.04. The highest BCUT2D eigenvalue weighted by atomic mass is 16.5. The number of aromatic amines is 1. The van der Waals surface area contributed by atoms with Crippen LogP contribution in [-0.4, -0.2) is 18.1 Å². The molecule has 0 amide bonds. The molecule has 0 aromatic carbocycles. The van der Waals surface area contributed by atoms with Crippen LogP contribution in [0.1, 0.15) is 24.8 Å². The van der Waals surface area contributed by atoms with E-state index in [9.17, 15) is 14.4 Å². The molecule has 0 aliphatic heterocycles. The van der Waals surface area contributed by atoms with Crippen molar-refractivity contribution >= 4 is 5.97 Å². The Morgan fingerprint density at radius 2 is 2.19 bits per heavy atom. The zero-order chi connectivity index (χ0) is 12.0. The number of carbonyl (C=O) groups is 1. The molecule has 6 heteroatoms. The van der Waals surface area contributed by atoms with Crippen molar-refractivity contribution in [3.63, 3.8) is 0 Å². The van der Waals surface area contributed by atoms with Gasteiger partial charge in [-0.05, 0) is 19.3 Å². The van der Waals surface area contributed by atoms with Crippen LogP contribution in [0.5, 0.6) is 0 Å². The maximum Gasteiger partial charge on any atom is 0.419 e. The minimum Gasteiger partial charge on any atom is -0.469 e. The van der Waals surface area contributed by atoms with Crippen molar-refractivity contribution in [2.24, 2.45) is 0 Å². The molecule has 0 radical (unpaired) electrons. The number of ether oxygens (including phenoxy) is 1. The van der Waals surface area contributed by atoms with Crippen molar-refractivity contribution < 1.29 is 13.9 Å². The Kier molecular flexibility index (Phi) is 4.50. The summed E-state index contributed by atoms with van der Waals surface area (Å²) < 4.78 is 8.82. The van der Waals surface area contributed by atoms with E-state index in [1.165, 1.54) is 13.3 Å². The molecule has 0 bridgehead atoms. The molecule has 0 aliphatic carbocycles. The molecule has 0 aliphatic rings. The second kappa shape index (κ2) is 5.89. The summed E-state index contributed by atoms with van der Waals surface area (Å²) in [5.74, 6) is -1.03. The van der Waals surface area contributed by atoms with Gasteiger partial charge >= 0.3 is 17.4 Å². The molecule has 0 saturated heterocycles. The zero-order valence-electron chi connectivity index (χ0n) is 8.95. The van der Waals surface area contributed by atoms with Gasteiger partial charge in [0, 0.05) is 12.6 Å². The number of aryl methyl sites for hydroxylation is 1. The molecular formula is C10H13NO5. The summed E-state index contributed by atoms with van der Waals surface area (Å²) in [7, 11) is 1.33. The molecule has 16 heavy (non-hydrogen) atoms. The SMILES string of the molecule is COC(=O)CCCCc1c[nH]c(=O)oc1=O. The summed E-state index contributed by atoms with van der Waals surface area (Å²) in [6.45, 7) is 0. The maximum absolute atomic E-state index is 11.1. The fourth-order valence-electron chi connectivity index (χ4n) is 1.25. The lowest BCUT2D eigenvalue weighted by molar-refractivity contribution is -0.140. The Morgan fingerprint density at radius 1 is 1.44 bits per heavy atom. The first kappa shape index (κ1) is 12.2. The lowest BCUT2D eigenvalue weighted by Gasteiger charge is -1.99. The fraction of sp³-hybridized carbons (Fsp3) is 0.500. The summed E-state index contributed by atoms with van der Waals surface area (Å²) in [6.07, 6.45) is 3.42. The number of rotatable bonds is 5. The van der Waals surface area contributed by atoms with E-state index in [4.69, 9.17) is 0 Å². The quantitative estimate of drug-likeness (QED) is 0.573. The van der Waals surface area contributed by atoms with Crippen LogP contribution in [-0.2, 0) is 16.0 Å². The molecule has 0 unspecified atom stereocenters. The Balaban J connectivity index is 2.41. The summed E-state index contributed by atoms with van der Waals surface area (Å²) in [6, 6.07) is 0. The zero-order valence-corrected chi connectivity index (χ0v) is 8.95. The van der Waals surface area contributed by atoms with Crippen molar-refractivity contribution in [1.29, 1.82) is 0 Å². The molecule has 1 heterocycles. The van der Waals surface area contributed by atoms with Gasteiger partial charge in [0.25, 0.3) is 0 Å². The number of unbranched alkanes of at least 4 members (excludes halogenated alkanes) is 1. The highest BCUT2D eigenvalue weighted by molar-refractivity contribution is 5.68. The largest absolute Gasteiger partial charge is 0.469 e. The second-order valence-corrected chi connectivity index (χ2v) is 3.27. The van der Waals surface area contributed by atoms with Gasteiger partial charge in [0.2, 0.25) is 0 Å². The first-order valence-electron chi connectivity index (χ1n) is 4.92. The van der Waals surface area contributed by atoms with E-state index in [1.807, 2.05) is 0 Å². The van der Waals surface area contributed by atoms with E-state index in [2.05, 4.69) is 14.1 Å². The number of hydrogen-bond donors (Lipinski definition) is 1. The molecule has 6 nitrogen and oxygen atoms in total. The van der Waals surface area contributed by atoms with Crippen LogP contribution < -0.4 is 11.4 Å². The monoisotopic (exact) mass is 227 g/mol. The Morgan fingerprint density at radius 3 is 2.81 bits per heavy atom. The summed E-state index contributed by atoms with van der Waals surface area (Å²) in [5.41, 5.74) is -0.216. The van der Waals surface area contributed by atoms with Crippen molar-refractivity contribution in [2.45, 2.75) is 25.7 Å². The van der Waals surface area contributed by atoms with Crippen molar-refractivity contribution in [1.82, 2.24) is 4.98 Å². The summed E-state index contributed by atoms with van der Waals surface area (Å²) in [5, 5.41) is 0. The van der Waals surface area contributed by atoms with Crippen molar-refractivity contribution in [2.75, 3.05) is 7.11 Å². The van der Waals surface area contributed by atoms with Gasteiger partial charge in [-0.15, -0.1) is 0 Å². The second-order valence-electron chi connectivity index (χ2n) is 3.27. The van der Waals surface area contributed by atoms with Gasteiger partial charge in [0.05, 0.1) is 12.7 Å². The number of carbonyl (C=O) groups excluding carboxylic acids is 1. The third-order valence-electron chi connectivity index (χ3n) is 2.12. The number of nitrogens with one attached hydrogen (secondary N) is 1.